The molecule has 1 atom stereocenters. The minimum absolute atomic E-state index is 0.725. The lowest BCUT2D eigenvalue weighted by Gasteiger charge is -2.55. The van der Waals surface area contributed by atoms with Gasteiger partial charge in [-0.15, -0.1) is 0 Å². The maximum atomic E-state index is 5.29. The van der Waals surface area contributed by atoms with Gasteiger partial charge in [0, 0.05) is 0 Å². The summed E-state index contributed by atoms with van der Waals surface area (Å²) < 4.78 is 5.29. The first-order chi connectivity index (χ1) is 8.22. The maximum absolute atomic E-state index is 5.29. The van der Waals surface area contributed by atoms with E-state index in [0.29, 0.717) is 0 Å². The number of thiol groups is 1. The van der Waals surface area contributed by atoms with Crippen LogP contribution in [0.5, 0.6) is 0 Å². The molecule has 2 heterocycles. The van der Waals surface area contributed by atoms with Crippen molar-refractivity contribution >= 4 is 12.6 Å². The molecule has 98 valence electrons. The Hall–Kier alpha value is 0.270. The number of nitrogens with zero attached hydrogens (tertiary/aromatic N) is 1. The fourth-order valence-corrected chi connectivity index (χ4v) is 4.11. The first kappa shape index (κ1) is 12.3. The highest BCUT2D eigenvalue weighted by molar-refractivity contribution is 7.80. The molecule has 1 saturated carbocycles. The molecule has 1 unspecified atom stereocenters. The molecule has 0 aromatic heterocycles. The lowest BCUT2D eigenvalue weighted by Crippen LogP contribution is -2.55. The Morgan fingerprint density at radius 3 is 2.41 bits per heavy atom. The molecule has 0 aromatic carbocycles. The van der Waals surface area contributed by atoms with Gasteiger partial charge < -0.3 is 4.74 Å². The third-order valence-corrected chi connectivity index (χ3v) is 6.05. The molecule has 0 amide bonds. The predicted molar refractivity (Wildman–Crippen MR) is 73.6 cm³/mol. The normalized spacial score (nSPS) is 32.1. The molecule has 1 aliphatic carbocycles. The van der Waals surface area contributed by atoms with Crippen LogP contribution in [-0.4, -0.2) is 43.0 Å². The van der Waals surface area contributed by atoms with Gasteiger partial charge in [-0.3, -0.25) is 4.90 Å². The van der Waals surface area contributed by atoms with Gasteiger partial charge in [0.25, 0.3) is 0 Å². The van der Waals surface area contributed by atoms with E-state index in [1.165, 1.54) is 38.8 Å². The molecule has 2 aliphatic heterocycles. The van der Waals surface area contributed by atoms with Gasteiger partial charge in [0.1, 0.15) is 0 Å². The van der Waals surface area contributed by atoms with E-state index in [-0.39, 0.29) is 0 Å². The van der Waals surface area contributed by atoms with Crippen LogP contribution in [0.15, 0.2) is 0 Å². The molecule has 1 spiro atoms. The zero-order chi connectivity index (χ0) is 11.9. The van der Waals surface area contributed by atoms with Crippen LogP contribution in [0.2, 0.25) is 0 Å². The van der Waals surface area contributed by atoms with E-state index in [9.17, 15) is 0 Å². The molecular formula is C14H25NOS. The van der Waals surface area contributed by atoms with Crippen LogP contribution in [0.1, 0.15) is 32.6 Å². The van der Waals surface area contributed by atoms with Crippen molar-refractivity contribution in [2.75, 3.05) is 32.1 Å². The van der Waals surface area contributed by atoms with Gasteiger partial charge in [0.2, 0.25) is 0 Å². The minimum Gasteiger partial charge on any atom is -0.378 e. The van der Waals surface area contributed by atoms with E-state index < -0.39 is 0 Å². The average molecular weight is 255 g/mol. The SMILES string of the molecule is CC(CS)C1CC2(CCN(C3COC3)CC2)C1. The second kappa shape index (κ2) is 4.75. The Bertz CT molecular complexity index is 263. The molecule has 2 nitrogen and oxygen atoms in total. The second-order valence-corrected chi connectivity index (χ2v) is 6.92. The highest BCUT2D eigenvalue weighted by Crippen LogP contribution is 2.55. The third kappa shape index (κ3) is 2.26. The summed E-state index contributed by atoms with van der Waals surface area (Å²) in [4.78, 5) is 2.66. The molecule has 0 aromatic rings. The topological polar surface area (TPSA) is 12.5 Å². The zero-order valence-corrected chi connectivity index (χ0v) is 11.8. The Balaban J connectivity index is 1.46. The summed E-state index contributed by atoms with van der Waals surface area (Å²) in [5.74, 6) is 2.85. The van der Waals surface area contributed by atoms with Gasteiger partial charge in [0.15, 0.2) is 0 Å². The van der Waals surface area contributed by atoms with Crippen molar-refractivity contribution in [3.8, 4) is 0 Å². The molecule has 3 aliphatic rings. The fourth-order valence-electron chi connectivity index (χ4n) is 3.81. The van der Waals surface area contributed by atoms with Crippen molar-refractivity contribution in [2.45, 2.75) is 38.6 Å². The quantitative estimate of drug-likeness (QED) is 0.778. The van der Waals surface area contributed by atoms with Gasteiger partial charge in [0.05, 0.1) is 19.3 Å². The summed E-state index contributed by atoms with van der Waals surface area (Å²) in [6.07, 6.45) is 5.81. The van der Waals surface area contributed by atoms with E-state index in [0.717, 1.165) is 42.3 Å². The molecule has 0 bridgehead atoms. The lowest BCUT2D eigenvalue weighted by molar-refractivity contribution is -0.101. The van der Waals surface area contributed by atoms with Gasteiger partial charge in [-0.25, -0.2) is 0 Å². The molecule has 17 heavy (non-hydrogen) atoms. The first-order valence-electron chi connectivity index (χ1n) is 7.15. The standard InChI is InChI=1S/C14H25NOS/c1-11(10-17)12-6-14(7-12)2-4-15(5-3-14)13-8-16-9-13/h11-13,17H,2-10H2,1H3. The van der Waals surface area contributed by atoms with Crippen molar-refractivity contribution in [3.05, 3.63) is 0 Å². The second-order valence-electron chi connectivity index (χ2n) is 6.56. The van der Waals surface area contributed by atoms with E-state index >= 15 is 0 Å². The van der Waals surface area contributed by atoms with Crippen LogP contribution in [0.4, 0.5) is 0 Å². The zero-order valence-electron chi connectivity index (χ0n) is 10.9. The van der Waals surface area contributed by atoms with Crippen LogP contribution in [0.25, 0.3) is 0 Å². The van der Waals surface area contributed by atoms with Crippen LogP contribution in [-0.2, 0) is 4.74 Å². The van der Waals surface area contributed by atoms with Crippen LogP contribution >= 0.6 is 12.6 Å². The molecular weight excluding hydrogens is 230 g/mol. The Morgan fingerprint density at radius 1 is 1.29 bits per heavy atom. The van der Waals surface area contributed by atoms with Crippen LogP contribution < -0.4 is 0 Å². The molecule has 3 rings (SSSR count). The van der Waals surface area contributed by atoms with E-state index in [4.69, 9.17) is 4.74 Å². The van der Waals surface area contributed by atoms with Crippen molar-refractivity contribution < 1.29 is 4.74 Å². The first-order valence-corrected chi connectivity index (χ1v) is 7.78. The molecule has 3 heteroatoms. The fraction of sp³-hybridized carbons (Fsp3) is 1.00. The van der Waals surface area contributed by atoms with Crippen LogP contribution in [0, 0.1) is 17.3 Å². The van der Waals surface area contributed by atoms with Crippen molar-refractivity contribution in [3.63, 3.8) is 0 Å². The number of rotatable bonds is 3. The van der Waals surface area contributed by atoms with Crippen molar-refractivity contribution in [2.24, 2.45) is 17.3 Å². The largest absolute Gasteiger partial charge is 0.378 e. The van der Waals surface area contributed by atoms with E-state index in [2.05, 4.69) is 24.5 Å². The van der Waals surface area contributed by atoms with Gasteiger partial charge in [-0.05, 0) is 61.8 Å². The molecule has 3 fully saturated rings. The van der Waals surface area contributed by atoms with Gasteiger partial charge >= 0.3 is 0 Å². The van der Waals surface area contributed by atoms with Gasteiger partial charge in [-0.1, -0.05) is 6.92 Å². The Labute approximate surface area is 110 Å². The highest BCUT2D eigenvalue weighted by Gasteiger charge is 2.47. The van der Waals surface area contributed by atoms with Crippen LogP contribution in [0.3, 0.4) is 0 Å². The number of likely N-dealkylation sites (tertiary alicyclic amines) is 1. The number of piperidine rings is 1. The predicted octanol–water partition coefficient (Wildman–Crippen LogP) is 2.44. The van der Waals surface area contributed by atoms with Crippen molar-refractivity contribution in [1.82, 2.24) is 4.90 Å². The Kier molecular flexibility index (Phi) is 3.44. The third-order valence-electron chi connectivity index (χ3n) is 5.48. The number of ether oxygens (including phenoxy) is 1. The summed E-state index contributed by atoms with van der Waals surface area (Å²) in [6, 6.07) is 0.750. The summed E-state index contributed by atoms with van der Waals surface area (Å²) in [5.41, 5.74) is 0.725. The maximum Gasteiger partial charge on any atom is 0.0645 e. The van der Waals surface area contributed by atoms with Gasteiger partial charge in [-0.2, -0.15) is 12.6 Å². The average Bonchev–Trinajstić information content (AvgIpc) is 2.24. The summed E-state index contributed by atoms with van der Waals surface area (Å²) in [5, 5.41) is 0. The Morgan fingerprint density at radius 2 is 1.94 bits per heavy atom. The number of hydrogen-bond donors (Lipinski definition) is 1. The minimum atomic E-state index is 0.725. The lowest BCUT2D eigenvalue weighted by atomic mass is 9.55. The summed E-state index contributed by atoms with van der Waals surface area (Å²) >= 11 is 4.43. The number of hydrogen-bond acceptors (Lipinski definition) is 3. The molecule has 2 saturated heterocycles. The molecule has 0 N–H and O–H groups in total. The highest BCUT2D eigenvalue weighted by atomic mass is 32.1. The van der Waals surface area contributed by atoms with E-state index in [1.54, 1.807) is 0 Å². The summed E-state index contributed by atoms with van der Waals surface area (Å²) in [6.45, 7) is 6.95. The van der Waals surface area contributed by atoms with E-state index in [1.807, 2.05) is 0 Å². The molecule has 0 radical (unpaired) electrons. The summed E-state index contributed by atoms with van der Waals surface area (Å²) in [7, 11) is 0. The smallest absolute Gasteiger partial charge is 0.0645 e. The van der Waals surface area contributed by atoms with Crippen molar-refractivity contribution in [1.29, 1.82) is 0 Å². The monoisotopic (exact) mass is 255 g/mol.